The fourth-order valence-electron chi connectivity index (χ4n) is 2.21. The van der Waals surface area contributed by atoms with Crippen molar-refractivity contribution < 1.29 is 13.2 Å². The molecule has 0 spiro atoms. The lowest BCUT2D eigenvalue weighted by Crippen LogP contribution is -2.16. The molecular weight excluding hydrogens is 298 g/mol. The summed E-state index contributed by atoms with van der Waals surface area (Å²) in [7, 11) is -3.34. The molecule has 0 saturated carbocycles. The van der Waals surface area contributed by atoms with Gasteiger partial charge in [0.2, 0.25) is 5.91 Å². The third-order valence-corrected chi connectivity index (χ3v) is 4.71. The van der Waals surface area contributed by atoms with Crippen LogP contribution in [0.2, 0.25) is 0 Å². The van der Waals surface area contributed by atoms with E-state index in [9.17, 15) is 13.2 Å². The van der Waals surface area contributed by atoms with Crippen LogP contribution in [0.5, 0.6) is 0 Å². The van der Waals surface area contributed by atoms with E-state index in [4.69, 9.17) is 0 Å². The molecule has 0 aliphatic heterocycles. The van der Waals surface area contributed by atoms with Crippen molar-refractivity contribution in [2.24, 2.45) is 0 Å². The Morgan fingerprint density at radius 3 is 2.36 bits per heavy atom. The van der Waals surface area contributed by atoms with E-state index in [1.807, 2.05) is 32.0 Å². The summed E-state index contributed by atoms with van der Waals surface area (Å²) < 4.78 is 23.5. The van der Waals surface area contributed by atoms with E-state index in [2.05, 4.69) is 5.32 Å². The topological polar surface area (TPSA) is 63.2 Å². The van der Waals surface area contributed by atoms with Gasteiger partial charge in [0, 0.05) is 11.9 Å². The van der Waals surface area contributed by atoms with Gasteiger partial charge in [-0.15, -0.1) is 0 Å². The molecule has 0 atom stereocenters. The van der Waals surface area contributed by atoms with Crippen LogP contribution in [0.3, 0.4) is 0 Å². The standard InChI is InChI=1S/C17H19NO3S/c1-12-8-9-15(10-13(12)2)18-17(19)11-14-6-4-5-7-16(14)22(3,20)21/h4-10H,11H2,1-3H3,(H,18,19). The van der Waals surface area contributed by atoms with Crippen molar-refractivity contribution in [2.75, 3.05) is 11.6 Å². The maximum absolute atomic E-state index is 12.2. The molecule has 0 bridgehead atoms. The van der Waals surface area contributed by atoms with Crippen molar-refractivity contribution in [3.63, 3.8) is 0 Å². The summed E-state index contributed by atoms with van der Waals surface area (Å²) in [5.74, 6) is -0.237. The van der Waals surface area contributed by atoms with Gasteiger partial charge in [-0.3, -0.25) is 4.79 Å². The number of carbonyl (C=O) groups excluding carboxylic acids is 1. The van der Waals surface area contributed by atoms with Gasteiger partial charge in [-0.2, -0.15) is 0 Å². The molecule has 4 nitrogen and oxygen atoms in total. The van der Waals surface area contributed by atoms with Crippen molar-refractivity contribution in [3.05, 3.63) is 59.2 Å². The number of carbonyl (C=O) groups is 1. The van der Waals surface area contributed by atoms with Crippen LogP contribution in [-0.2, 0) is 21.1 Å². The molecule has 116 valence electrons. The molecule has 2 rings (SSSR count). The van der Waals surface area contributed by atoms with Crippen LogP contribution in [0.4, 0.5) is 5.69 Å². The lowest BCUT2D eigenvalue weighted by Gasteiger charge is -2.10. The van der Waals surface area contributed by atoms with Crippen molar-refractivity contribution in [1.82, 2.24) is 0 Å². The molecule has 0 saturated heterocycles. The number of hydrogen-bond donors (Lipinski definition) is 1. The van der Waals surface area contributed by atoms with Crippen molar-refractivity contribution >= 4 is 21.4 Å². The number of nitrogens with one attached hydrogen (secondary N) is 1. The zero-order valence-corrected chi connectivity index (χ0v) is 13.7. The summed E-state index contributed by atoms with van der Waals surface area (Å²) >= 11 is 0. The monoisotopic (exact) mass is 317 g/mol. The quantitative estimate of drug-likeness (QED) is 0.943. The molecule has 0 aliphatic carbocycles. The number of anilines is 1. The highest BCUT2D eigenvalue weighted by Gasteiger charge is 2.15. The third kappa shape index (κ3) is 3.95. The molecule has 0 unspecified atom stereocenters. The Hall–Kier alpha value is -2.14. The van der Waals surface area contributed by atoms with Crippen LogP contribution in [0.1, 0.15) is 16.7 Å². The molecule has 0 fully saturated rings. The van der Waals surface area contributed by atoms with Gasteiger partial charge in [-0.1, -0.05) is 24.3 Å². The molecular formula is C17H19NO3S. The van der Waals surface area contributed by atoms with Gasteiger partial charge >= 0.3 is 0 Å². The third-order valence-electron chi connectivity index (χ3n) is 3.51. The Kier molecular flexibility index (Phi) is 4.66. The first-order chi connectivity index (χ1) is 10.3. The smallest absolute Gasteiger partial charge is 0.228 e. The van der Waals surface area contributed by atoms with Gasteiger partial charge in [-0.05, 0) is 48.7 Å². The van der Waals surface area contributed by atoms with Gasteiger partial charge in [0.15, 0.2) is 9.84 Å². The molecule has 2 aromatic rings. The first kappa shape index (κ1) is 16.2. The predicted molar refractivity (Wildman–Crippen MR) is 87.8 cm³/mol. The van der Waals surface area contributed by atoms with Crippen molar-refractivity contribution in [3.8, 4) is 0 Å². The summed E-state index contributed by atoms with van der Waals surface area (Å²) in [6.07, 6.45) is 1.17. The van der Waals surface area contributed by atoms with E-state index in [-0.39, 0.29) is 17.2 Å². The summed E-state index contributed by atoms with van der Waals surface area (Å²) in [4.78, 5) is 12.4. The number of sulfone groups is 1. The summed E-state index contributed by atoms with van der Waals surface area (Å²) in [6.45, 7) is 3.98. The second-order valence-electron chi connectivity index (χ2n) is 5.40. The highest BCUT2D eigenvalue weighted by Crippen LogP contribution is 2.18. The maximum Gasteiger partial charge on any atom is 0.228 e. The molecule has 0 aromatic heterocycles. The Bertz CT molecular complexity index is 810. The molecule has 0 radical (unpaired) electrons. The van der Waals surface area contributed by atoms with E-state index < -0.39 is 9.84 Å². The molecule has 1 amide bonds. The highest BCUT2D eigenvalue weighted by molar-refractivity contribution is 7.90. The molecule has 22 heavy (non-hydrogen) atoms. The number of benzene rings is 2. The summed E-state index contributed by atoms with van der Waals surface area (Å²) in [6, 6.07) is 12.2. The second-order valence-corrected chi connectivity index (χ2v) is 7.39. The average molecular weight is 317 g/mol. The Morgan fingerprint density at radius 1 is 1.05 bits per heavy atom. The number of rotatable bonds is 4. The minimum Gasteiger partial charge on any atom is -0.326 e. The SMILES string of the molecule is Cc1ccc(NC(=O)Cc2ccccc2S(C)(=O)=O)cc1C. The Balaban J connectivity index is 2.18. The first-order valence-electron chi connectivity index (χ1n) is 6.92. The molecule has 0 heterocycles. The highest BCUT2D eigenvalue weighted by atomic mass is 32.2. The molecule has 0 aliphatic rings. The lowest BCUT2D eigenvalue weighted by molar-refractivity contribution is -0.115. The van der Waals surface area contributed by atoms with Gasteiger partial charge in [-0.25, -0.2) is 8.42 Å². The number of amides is 1. The zero-order chi connectivity index (χ0) is 16.3. The summed E-state index contributed by atoms with van der Waals surface area (Å²) in [5, 5.41) is 2.80. The fourth-order valence-corrected chi connectivity index (χ4v) is 3.15. The van der Waals surface area contributed by atoms with Crippen molar-refractivity contribution in [1.29, 1.82) is 0 Å². The minimum absolute atomic E-state index is 0.0240. The van der Waals surface area contributed by atoms with Crippen LogP contribution in [0, 0.1) is 13.8 Å². The first-order valence-corrected chi connectivity index (χ1v) is 8.81. The predicted octanol–water partition coefficient (Wildman–Crippen LogP) is 2.89. The van der Waals surface area contributed by atoms with Gasteiger partial charge < -0.3 is 5.32 Å². The van der Waals surface area contributed by atoms with E-state index in [1.165, 1.54) is 6.07 Å². The lowest BCUT2D eigenvalue weighted by atomic mass is 10.1. The van der Waals surface area contributed by atoms with Gasteiger partial charge in [0.25, 0.3) is 0 Å². The van der Waals surface area contributed by atoms with Gasteiger partial charge in [0.05, 0.1) is 11.3 Å². The fraction of sp³-hybridized carbons (Fsp3) is 0.235. The number of hydrogen-bond acceptors (Lipinski definition) is 3. The maximum atomic E-state index is 12.2. The van der Waals surface area contributed by atoms with Crippen LogP contribution >= 0.6 is 0 Å². The minimum atomic E-state index is -3.34. The zero-order valence-electron chi connectivity index (χ0n) is 12.9. The second kappa shape index (κ2) is 6.32. The van der Waals surface area contributed by atoms with E-state index >= 15 is 0 Å². The Labute approximate surface area is 131 Å². The van der Waals surface area contributed by atoms with E-state index in [0.717, 1.165) is 17.4 Å². The largest absolute Gasteiger partial charge is 0.326 e. The normalized spacial score (nSPS) is 11.2. The van der Waals surface area contributed by atoms with Gasteiger partial charge in [0.1, 0.15) is 0 Å². The summed E-state index contributed by atoms with van der Waals surface area (Å²) in [5.41, 5.74) is 3.46. The van der Waals surface area contributed by atoms with Crippen LogP contribution < -0.4 is 5.32 Å². The molecule has 5 heteroatoms. The van der Waals surface area contributed by atoms with E-state index in [0.29, 0.717) is 11.3 Å². The Morgan fingerprint density at radius 2 is 1.73 bits per heavy atom. The molecule has 1 N–H and O–H groups in total. The molecule has 2 aromatic carbocycles. The van der Waals surface area contributed by atoms with Crippen LogP contribution in [0.25, 0.3) is 0 Å². The van der Waals surface area contributed by atoms with E-state index in [1.54, 1.807) is 18.2 Å². The van der Waals surface area contributed by atoms with Crippen LogP contribution in [0.15, 0.2) is 47.4 Å². The average Bonchev–Trinajstić information content (AvgIpc) is 2.42. The number of aryl methyl sites for hydroxylation is 2. The van der Waals surface area contributed by atoms with Crippen molar-refractivity contribution in [2.45, 2.75) is 25.2 Å². The van der Waals surface area contributed by atoms with Crippen LogP contribution in [-0.4, -0.2) is 20.6 Å².